The molecule has 1 N–H and O–H groups in total. The van der Waals surface area contributed by atoms with Gasteiger partial charge in [0.15, 0.2) is 0 Å². The van der Waals surface area contributed by atoms with Crippen molar-refractivity contribution in [1.29, 1.82) is 0 Å². The molecule has 0 radical (unpaired) electrons. The molecular formula is C22H35N3O4S. The van der Waals surface area contributed by atoms with Crippen LogP contribution in [0.4, 0.5) is 0 Å². The second-order valence-corrected chi connectivity index (χ2v) is 10.7. The number of carbonyl (C=O) groups excluding carboxylic acids is 1. The summed E-state index contributed by atoms with van der Waals surface area (Å²) in [5, 5.41) is 3.12. The van der Waals surface area contributed by atoms with Crippen molar-refractivity contribution in [2.75, 3.05) is 39.9 Å². The molecule has 1 amide bonds. The third-order valence-electron chi connectivity index (χ3n) is 6.56. The van der Waals surface area contributed by atoms with Crippen LogP contribution < -0.4 is 5.32 Å². The van der Waals surface area contributed by atoms with Gasteiger partial charge in [0.2, 0.25) is 10.0 Å². The van der Waals surface area contributed by atoms with E-state index in [1.807, 2.05) is 13.8 Å². The third-order valence-corrected chi connectivity index (χ3v) is 8.61. The number of ether oxygens (including phenoxy) is 1. The second kappa shape index (κ2) is 9.77. The number of nitrogens with zero attached hydrogens (tertiary/aromatic N) is 2. The molecule has 2 fully saturated rings. The lowest BCUT2D eigenvalue weighted by molar-refractivity contribution is -0.0361. The lowest BCUT2D eigenvalue weighted by Crippen LogP contribution is -2.59. The van der Waals surface area contributed by atoms with Crippen LogP contribution in [0.15, 0.2) is 29.2 Å². The van der Waals surface area contributed by atoms with Crippen LogP contribution in [-0.2, 0) is 14.8 Å². The Morgan fingerprint density at radius 3 is 2.30 bits per heavy atom. The topological polar surface area (TPSA) is 79.0 Å². The predicted octanol–water partition coefficient (Wildman–Crippen LogP) is 2.48. The van der Waals surface area contributed by atoms with Crippen molar-refractivity contribution in [2.24, 2.45) is 0 Å². The number of hydrogen-bond acceptors (Lipinski definition) is 5. The summed E-state index contributed by atoms with van der Waals surface area (Å²) in [5.41, 5.74) is 0.482. The molecular weight excluding hydrogens is 402 g/mol. The van der Waals surface area contributed by atoms with Gasteiger partial charge >= 0.3 is 0 Å². The van der Waals surface area contributed by atoms with Gasteiger partial charge in [-0.3, -0.25) is 9.69 Å². The molecule has 30 heavy (non-hydrogen) atoms. The van der Waals surface area contributed by atoms with Crippen LogP contribution in [0.1, 0.15) is 56.3 Å². The summed E-state index contributed by atoms with van der Waals surface area (Å²) in [6.07, 6.45) is 5.80. The van der Waals surface area contributed by atoms with Crippen molar-refractivity contribution in [1.82, 2.24) is 14.5 Å². The number of morpholine rings is 1. The molecule has 0 atom stereocenters. The highest BCUT2D eigenvalue weighted by Gasteiger charge is 2.38. The SMILES string of the molecule is CC(C)N(C)S(=O)(=O)c1ccc(C(=O)NCC2(N3CCOCC3)CCCCC2)cc1. The van der Waals surface area contributed by atoms with E-state index in [0.717, 1.165) is 39.1 Å². The lowest BCUT2D eigenvalue weighted by Gasteiger charge is -2.48. The van der Waals surface area contributed by atoms with Crippen LogP contribution in [0.5, 0.6) is 0 Å². The zero-order valence-electron chi connectivity index (χ0n) is 18.4. The van der Waals surface area contributed by atoms with Gasteiger partial charge in [-0.1, -0.05) is 19.3 Å². The van der Waals surface area contributed by atoms with Gasteiger partial charge < -0.3 is 10.1 Å². The van der Waals surface area contributed by atoms with Gasteiger partial charge in [-0.2, -0.15) is 4.31 Å². The smallest absolute Gasteiger partial charge is 0.251 e. The van der Waals surface area contributed by atoms with Crippen molar-refractivity contribution in [3.63, 3.8) is 0 Å². The number of hydrogen-bond donors (Lipinski definition) is 1. The highest BCUT2D eigenvalue weighted by molar-refractivity contribution is 7.89. The fourth-order valence-electron chi connectivity index (χ4n) is 4.42. The Hall–Kier alpha value is -1.48. The molecule has 1 aromatic carbocycles. The minimum absolute atomic E-state index is 0.000939. The predicted molar refractivity (Wildman–Crippen MR) is 117 cm³/mol. The first kappa shape index (κ1) is 23.2. The second-order valence-electron chi connectivity index (χ2n) is 8.71. The normalized spacial score (nSPS) is 20.4. The summed E-state index contributed by atoms with van der Waals surface area (Å²) in [7, 11) is -1.99. The Bertz CT molecular complexity index is 811. The van der Waals surface area contributed by atoms with Gasteiger partial charge in [0.1, 0.15) is 0 Å². The molecule has 0 aromatic heterocycles. The van der Waals surface area contributed by atoms with E-state index >= 15 is 0 Å². The molecule has 1 aliphatic carbocycles. The van der Waals surface area contributed by atoms with Crippen molar-refractivity contribution in [3.05, 3.63) is 29.8 Å². The van der Waals surface area contributed by atoms with Gasteiger partial charge in [0.05, 0.1) is 18.1 Å². The summed E-state index contributed by atoms with van der Waals surface area (Å²) in [6.45, 7) is 7.58. The Morgan fingerprint density at radius 2 is 1.73 bits per heavy atom. The summed E-state index contributed by atoms with van der Waals surface area (Å²) in [6, 6.07) is 6.09. The van der Waals surface area contributed by atoms with Crippen LogP contribution in [-0.4, -0.2) is 75.0 Å². The van der Waals surface area contributed by atoms with Gasteiger partial charge in [-0.05, 0) is 51.0 Å². The van der Waals surface area contributed by atoms with Crippen LogP contribution in [0.2, 0.25) is 0 Å². The number of carbonyl (C=O) groups is 1. The minimum Gasteiger partial charge on any atom is -0.379 e. The van der Waals surface area contributed by atoms with E-state index in [1.165, 1.54) is 35.7 Å². The minimum atomic E-state index is -3.55. The molecule has 0 spiro atoms. The number of rotatable bonds is 7. The van der Waals surface area contributed by atoms with Gasteiger partial charge in [-0.25, -0.2) is 8.42 Å². The quantitative estimate of drug-likeness (QED) is 0.709. The molecule has 2 aliphatic rings. The number of sulfonamides is 1. The van der Waals surface area contributed by atoms with E-state index < -0.39 is 10.0 Å². The standard InChI is InChI=1S/C22H35N3O4S/c1-18(2)24(3)30(27,28)20-9-7-19(8-10-20)21(26)23-17-22(11-5-4-6-12-22)25-13-15-29-16-14-25/h7-10,18H,4-6,11-17H2,1-3H3,(H,23,26). The Kier molecular flexibility index (Phi) is 7.55. The maximum atomic E-state index is 12.8. The maximum absolute atomic E-state index is 12.8. The lowest BCUT2D eigenvalue weighted by atomic mass is 9.79. The Labute approximate surface area is 180 Å². The average Bonchev–Trinajstić information content (AvgIpc) is 2.78. The Balaban J connectivity index is 1.67. The van der Waals surface area contributed by atoms with E-state index in [1.54, 1.807) is 19.2 Å². The van der Waals surface area contributed by atoms with Crippen molar-refractivity contribution in [3.8, 4) is 0 Å². The highest BCUT2D eigenvalue weighted by Crippen LogP contribution is 2.34. The van der Waals surface area contributed by atoms with Crippen LogP contribution >= 0.6 is 0 Å². The molecule has 1 aliphatic heterocycles. The van der Waals surface area contributed by atoms with Crippen molar-refractivity contribution in [2.45, 2.75) is 62.4 Å². The molecule has 1 heterocycles. The van der Waals surface area contributed by atoms with Gasteiger partial charge in [-0.15, -0.1) is 0 Å². The monoisotopic (exact) mass is 437 g/mol. The van der Waals surface area contributed by atoms with Crippen LogP contribution in [0.25, 0.3) is 0 Å². The molecule has 0 unspecified atom stereocenters. The number of nitrogens with one attached hydrogen (secondary N) is 1. The zero-order valence-corrected chi connectivity index (χ0v) is 19.2. The van der Waals surface area contributed by atoms with E-state index in [0.29, 0.717) is 12.1 Å². The van der Waals surface area contributed by atoms with Crippen LogP contribution in [0.3, 0.4) is 0 Å². The maximum Gasteiger partial charge on any atom is 0.251 e. The third kappa shape index (κ3) is 5.04. The largest absolute Gasteiger partial charge is 0.379 e. The fourth-order valence-corrected chi connectivity index (χ4v) is 5.79. The first-order valence-electron chi connectivity index (χ1n) is 11.0. The van der Waals surface area contributed by atoms with Gasteiger partial charge in [0.25, 0.3) is 5.91 Å². The van der Waals surface area contributed by atoms with E-state index in [9.17, 15) is 13.2 Å². The summed E-state index contributed by atoms with van der Waals surface area (Å²) in [4.78, 5) is 15.5. The van der Waals surface area contributed by atoms with Crippen LogP contribution in [0, 0.1) is 0 Å². The molecule has 1 saturated carbocycles. The summed E-state index contributed by atoms with van der Waals surface area (Å²) < 4.78 is 32.1. The first-order valence-corrected chi connectivity index (χ1v) is 12.4. The molecule has 3 rings (SSSR count). The molecule has 168 valence electrons. The first-order chi connectivity index (χ1) is 14.3. The number of benzene rings is 1. The fraction of sp³-hybridized carbons (Fsp3) is 0.682. The average molecular weight is 438 g/mol. The molecule has 1 aromatic rings. The van der Waals surface area contributed by atoms with E-state index in [2.05, 4.69) is 10.2 Å². The van der Waals surface area contributed by atoms with Crippen molar-refractivity contribution < 1.29 is 17.9 Å². The molecule has 1 saturated heterocycles. The van der Waals surface area contributed by atoms with Gasteiger partial charge in [0, 0.05) is 43.8 Å². The molecule has 0 bridgehead atoms. The zero-order chi connectivity index (χ0) is 21.8. The summed E-state index contributed by atoms with van der Waals surface area (Å²) in [5.74, 6) is -0.158. The van der Waals surface area contributed by atoms with E-state index in [4.69, 9.17) is 4.74 Å². The highest BCUT2D eigenvalue weighted by atomic mass is 32.2. The molecule has 7 nitrogen and oxygen atoms in total. The summed E-state index contributed by atoms with van der Waals surface area (Å²) >= 11 is 0. The Morgan fingerprint density at radius 1 is 1.13 bits per heavy atom. The number of amides is 1. The molecule has 8 heteroatoms. The van der Waals surface area contributed by atoms with Crippen molar-refractivity contribution >= 4 is 15.9 Å². The van der Waals surface area contributed by atoms with E-state index in [-0.39, 0.29) is 22.4 Å².